The van der Waals surface area contributed by atoms with Crippen LogP contribution in [-0.2, 0) is 6.42 Å². The molecule has 0 heterocycles. The van der Waals surface area contributed by atoms with E-state index in [2.05, 4.69) is 21.5 Å². The number of rotatable bonds is 10. The number of benzene rings is 2. The summed E-state index contributed by atoms with van der Waals surface area (Å²) in [6.07, 6.45) is 5.91. The molecule has 29 heavy (non-hydrogen) atoms. The highest BCUT2D eigenvalue weighted by molar-refractivity contribution is 5.73. The Labute approximate surface area is 173 Å². The van der Waals surface area contributed by atoms with Gasteiger partial charge in [-0.15, -0.1) is 6.42 Å². The van der Waals surface area contributed by atoms with E-state index in [4.69, 9.17) is 15.9 Å². The maximum absolute atomic E-state index is 12.2. The molecule has 0 aliphatic heterocycles. The molecule has 0 bridgehead atoms. The lowest BCUT2D eigenvalue weighted by molar-refractivity contribution is 0.233. The van der Waals surface area contributed by atoms with Crippen molar-refractivity contribution in [1.82, 2.24) is 15.5 Å². The van der Waals surface area contributed by atoms with Crippen LogP contribution >= 0.6 is 0 Å². The van der Waals surface area contributed by atoms with Crippen molar-refractivity contribution in [2.24, 2.45) is 0 Å². The van der Waals surface area contributed by atoms with Crippen LogP contribution in [0.25, 0.3) is 0 Å². The van der Waals surface area contributed by atoms with E-state index in [1.165, 1.54) is 0 Å². The summed E-state index contributed by atoms with van der Waals surface area (Å²) in [6, 6.07) is 15.4. The number of terminal acetylenes is 1. The molecule has 0 saturated heterocycles. The molecule has 2 N–H and O–H groups in total. The number of urea groups is 1. The number of methoxy groups -OCH3 is 1. The first-order chi connectivity index (χ1) is 14.0. The third-order valence-electron chi connectivity index (χ3n) is 4.50. The Balaban J connectivity index is 1.78. The van der Waals surface area contributed by atoms with Crippen LogP contribution in [0.5, 0.6) is 11.5 Å². The van der Waals surface area contributed by atoms with Crippen LogP contribution in [0.15, 0.2) is 48.5 Å². The Morgan fingerprint density at radius 1 is 1.14 bits per heavy atom. The number of nitrogens with one attached hydrogen (secondary N) is 2. The number of ether oxygens (including phenoxy) is 2. The van der Waals surface area contributed by atoms with Gasteiger partial charge in [-0.1, -0.05) is 30.2 Å². The van der Waals surface area contributed by atoms with E-state index in [1.807, 2.05) is 62.6 Å². The normalized spacial score (nSPS) is 11.4. The maximum atomic E-state index is 12.2. The van der Waals surface area contributed by atoms with Crippen molar-refractivity contribution in [3.8, 4) is 23.8 Å². The van der Waals surface area contributed by atoms with Crippen LogP contribution in [0.2, 0.25) is 0 Å². The summed E-state index contributed by atoms with van der Waals surface area (Å²) in [6.45, 7) is 1.29. The van der Waals surface area contributed by atoms with Gasteiger partial charge in [0.1, 0.15) is 18.1 Å². The zero-order valence-corrected chi connectivity index (χ0v) is 17.3. The molecule has 0 aromatic heterocycles. The lowest BCUT2D eigenvalue weighted by Crippen LogP contribution is -2.41. The number of likely N-dealkylation sites (N-methyl/N-ethyl adjacent to an activating group) is 1. The molecular formula is C23H29N3O3. The molecule has 0 aliphatic rings. The zero-order valence-electron chi connectivity index (χ0n) is 17.3. The fourth-order valence-electron chi connectivity index (χ4n) is 2.90. The van der Waals surface area contributed by atoms with Gasteiger partial charge in [0.2, 0.25) is 0 Å². The van der Waals surface area contributed by atoms with Gasteiger partial charge in [-0.3, -0.25) is 0 Å². The van der Waals surface area contributed by atoms with E-state index in [1.54, 1.807) is 7.11 Å². The molecule has 2 amide bonds. The Kier molecular flexibility index (Phi) is 8.87. The van der Waals surface area contributed by atoms with Gasteiger partial charge in [-0.05, 0) is 55.9 Å². The first-order valence-electron chi connectivity index (χ1n) is 9.50. The Morgan fingerprint density at radius 3 is 2.55 bits per heavy atom. The zero-order chi connectivity index (χ0) is 21.1. The highest BCUT2D eigenvalue weighted by Gasteiger charge is 2.15. The minimum Gasteiger partial charge on any atom is -0.497 e. The van der Waals surface area contributed by atoms with Crippen molar-refractivity contribution < 1.29 is 14.3 Å². The number of hydrogen-bond donors (Lipinski definition) is 2. The molecule has 154 valence electrons. The first-order valence-corrected chi connectivity index (χ1v) is 9.50. The summed E-state index contributed by atoms with van der Waals surface area (Å²) in [5.41, 5.74) is 2.20. The molecule has 6 nitrogen and oxygen atoms in total. The van der Waals surface area contributed by atoms with Crippen molar-refractivity contribution in [2.45, 2.75) is 12.5 Å². The van der Waals surface area contributed by atoms with Crippen LogP contribution in [0, 0.1) is 12.3 Å². The number of amides is 2. The van der Waals surface area contributed by atoms with E-state index < -0.39 is 0 Å². The highest BCUT2D eigenvalue weighted by atomic mass is 16.5. The summed E-state index contributed by atoms with van der Waals surface area (Å²) in [5.74, 6) is 3.98. The molecule has 0 fully saturated rings. The molecular weight excluding hydrogens is 366 g/mol. The van der Waals surface area contributed by atoms with Crippen LogP contribution < -0.4 is 20.1 Å². The van der Waals surface area contributed by atoms with Gasteiger partial charge in [0.05, 0.1) is 13.2 Å². The molecule has 2 rings (SSSR count). The van der Waals surface area contributed by atoms with Gasteiger partial charge < -0.3 is 25.0 Å². The maximum Gasteiger partial charge on any atom is 0.314 e. The summed E-state index contributed by atoms with van der Waals surface area (Å²) in [4.78, 5) is 14.3. The minimum absolute atomic E-state index is 0.0476. The van der Waals surface area contributed by atoms with E-state index in [0.29, 0.717) is 13.1 Å². The average Bonchev–Trinajstić information content (AvgIpc) is 2.73. The molecule has 0 aliphatic carbocycles. The van der Waals surface area contributed by atoms with Gasteiger partial charge in [0.15, 0.2) is 0 Å². The lowest BCUT2D eigenvalue weighted by Gasteiger charge is -2.25. The van der Waals surface area contributed by atoms with E-state index in [9.17, 15) is 4.79 Å². The average molecular weight is 396 g/mol. The predicted molar refractivity (Wildman–Crippen MR) is 115 cm³/mol. The van der Waals surface area contributed by atoms with Gasteiger partial charge in [-0.2, -0.15) is 0 Å². The largest absolute Gasteiger partial charge is 0.497 e. The Bertz CT molecular complexity index is 813. The van der Waals surface area contributed by atoms with Crippen molar-refractivity contribution in [1.29, 1.82) is 0 Å². The van der Waals surface area contributed by atoms with E-state index >= 15 is 0 Å². The summed E-state index contributed by atoms with van der Waals surface area (Å²) in [5, 5.41) is 5.84. The van der Waals surface area contributed by atoms with Crippen LogP contribution in [0.3, 0.4) is 0 Å². The third kappa shape index (κ3) is 7.40. The molecule has 1 atom stereocenters. The fourth-order valence-corrected chi connectivity index (χ4v) is 2.90. The Morgan fingerprint density at radius 2 is 1.90 bits per heavy atom. The van der Waals surface area contributed by atoms with Gasteiger partial charge in [-0.25, -0.2) is 4.79 Å². The number of carbonyl (C=O) groups is 1. The van der Waals surface area contributed by atoms with Crippen molar-refractivity contribution >= 4 is 6.03 Å². The fraction of sp³-hybridized carbons (Fsp3) is 0.348. The summed E-state index contributed by atoms with van der Waals surface area (Å²) < 4.78 is 10.6. The monoisotopic (exact) mass is 395 g/mol. The van der Waals surface area contributed by atoms with Crippen LogP contribution in [-0.4, -0.2) is 51.8 Å². The second-order valence-electron chi connectivity index (χ2n) is 6.78. The van der Waals surface area contributed by atoms with E-state index in [0.717, 1.165) is 29.0 Å². The van der Waals surface area contributed by atoms with E-state index in [-0.39, 0.29) is 18.7 Å². The summed E-state index contributed by atoms with van der Waals surface area (Å²) in [7, 11) is 5.62. The third-order valence-corrected chi connectivity index (χ3v) is 4.50. The molecule has 0 radical (unpaired) electrons. The molecule has 1 unspecified atom stereocenters. The van der Waals surface area contributed by atoms with Crippen molar-refractivity contribution in [3.63, 3.8) is 0 Å². The first kappa shape index (κ1) is 22.1. The van der Waals surface area contributed by atoms with Crippen LogP contribution in [0.1, 0.15) is 17.2 Å². The number of hydrogen-bond acceptors (Lipinski definition) is 4. The molecule has 0 spiro atoms. The minimum atomic E-state index is -0.186. The van der Waals surface area contributed by atoms with Crippen molar-refractivity contribution in [3.05, 3.63) is 59.7 Å². The summed E-state index contributed by atoms with van der Waals surface area (Å²) >= 11 is 0. The number of carbonyl (C=O) groups excluding carboxylic acids is 1. The SMILES string of the molecule is C#CCOc1ccc(CCNC(=O)NCC(c2cccc(OC)c2)N(C)C)cc1. The standard InChI is InChI=1S/C23H29N3O3/c1-5-15-29-20-11-9-18(10-12-20)13-14-24-23(27)25-17-22(26(2)3)19-7-6-8-21(16-19)28-4/h1,6-12,16,22H,13-15,17H2,2-4H3,(H2,24,25,27). The number of nitrogens with zero attached hydrogens (tertiary/aromatic N) is 1. The second-order valence-corrected chi connectivity index (χ2v) is 6.78. The smallest absolute Gasteiger partial charge is 0.314 e. The van der Waals surface area contributed by atoms with Gasteiger partial charge >= 0.3 is 6.03 Å². The molecule has 6 heteroatoms. The van der Waals surface area contributed by atoms with Gasteiger partial charge in [0.25, 0.3) is 0 Å². The highest BCUT2D eigenvalue weighted by Crippen LogP contribution is 2.22. The lowest BCUT2D eigenvalue weighted by atomic mass is 10.1. The molecule has 2 aromatic rings. The second kappa shape index (κ2) is 11.6. The predicted octanol–water partition coefficient (Wildman–Crippen LogP) is 2.85. The quantitative estimate of drug-likeness (QED) is 0.608. The Hall–Kier alpha value is -3.17. The van der Waals surface area contributed by atoms with Crippen molar-refractivity contribution in [2.75, 3.05) is 40.9 Å². The van der Waals surface area contributed by atoms with Crippen LogP contribution in [0.4, 0.5) is 4.79 Å². The topological polar surface area (TPSA) is 62.8 Å². The molecule has 2 aromatic carbocycles. The van der Waals surface area contributed by atoms with Gasteiger partial charge in [0, 0.05) is 13.1 Å². The molecule has 0 saturated carbocycles.